The standard InChI is InChI=1S/C27H30F2N2O3.ClH/c1-32-23-16-24(33-2)18-25(17-23)34-19-21-5-3-20(4-6-21)9-10-30-11-13-31(14-12-30)27-8-7-22(28)15-26(27)29;/h3-8,15-18H,9-14,19H2,1-2H3;1H. The molecule has 5 nitrogen and oxygen atoms in total. The third kappa shape index (κ3) is 7.23. The van der Waals surface area contributed by atoms with Gasteiger partial charge >= 0.3 is 0 Å². The van der Waals surface area contributed by atoms with Crippen LogP contribution in [0, 0.1) is 11.6 Å². The Labute approximate surface area is 211 Å². The van der Waals surface area contributed by atoms with Crippen LogP contribution in [0.15, 0.2) is 60.7 Å². The Hall–Kier alpha value is -3.03. The smallest absolute Gasteiger partial charge is 0.149 e. The molecule has 0 unspecified atom stereocenters. The molecule has 1 fully saturated rings. The van der Waals surface area contributed by atoms with Crippen molar-refractivity contribution < 1.29 is 23.0 Å². The summed E-state index contributed by atoms with van der Waals surface area (Å²) in [4.78, 5) is 4.36. The summed E-state index contributed by atoms with van der Waals surface area (Å²) < 4.78 is 43.7. The zero-order valence-corrected chi connectivity index (χ0v) is 20.8. The summed E-state index contributed by atoms with van der Waals surface area (Å²) in [5.41, 5.74) is 2.82. The highest BCUT2D eigenvalue weighted by Crippen LogP contribution is 2.28. The fraction of sp³-hybridized carbons (Fsp3) is 0.333. The predicted molar refractivity (Wildman–Crippen MR) is 136 cm³/mol. The topological polar surface area (TPSA) is 34.2 Å². The van der Waals surface area contributed by atoms with E-state index in [0.717, 1.165) is 50.8 Å². The maximum absolute atomic E-state index is 14.0. The van der Waals surface area contributed by atoms with Crippen LogP contribution in [-0.2, 0) is 13.0 Å². The zero-order valence-electron chi connectivity index (χ0n) is 20.0. The van der Waals surface area contributed by atoms with Gasteiger partial charge in [0.2, 0.25) is 0 Å². The second-order valence-corrected chi connectivity index (χ2v) is 8.33. The maximum Gasteiger partial charge on any atom is 0.149 e. The summed E-state index contributed by atoms with van der Waals surface area (Å²) >= 11 is 0. The molecular weight excluding hydrogens is 474 g/mol. The molecule has 1 aliphatic heterocycles. The van der Waals surface area contributed by atoms with Gasteiger partial charge in [-0.3, -0.25) is 4.90 Å². The first-order valence-corrected chi connectivity index (χ1v) is 11.4. The van der Waals surface area contributed by atoms with Gasteiger partial charge < -0.3 is 19.1 Å². The third-order valence-electron chi connectivity index (χ3n) is 6.09. The highest BCUT2D eigenvalue weighted by Gasteiger charge is 2.19. The fourth-order valence-electron chi connectivity index (χ4n) is 4.07. The van der Waals surface area contributed by atoms with Crippen molar-refractivity contribution in [1.82, 2.24) is 4.90 Å². The number of halogens is 3. The van der Waals surface area contributed by atoms with Crippen molar-refractivity contribution in [2.75, 3.05) is 51.8 Å². The Morgan fingerprint density at radius 1 is 0.743 bits per heavy atom. The van der Waals surface area contributed by atoms with E-state index in [1.54, 1.807) is 14.2 Å². The van der Waals surface area contributed by atoms with Crippen LogP contribution in [0.5, 0.6) is 17.2 Å². The van der Waals surface area contributed by atoms with Gasteiger partial charge in [0, 0.05) is 57.0 Å². The van der Waals surface area contributed by atoms with Crippen LogP contribution in [0.2, 0.25) is 0 Å². The lowest BCUT2D eigenvalue weighted by Gasteiger charge is -2.36. The van der Waals surface area contributed by atoms with E-state index < -0.39 is 11.6 Å². The van der Waals surface area contributed by atoms with Gasteiger partial charge in [-0.2, -0.15) is 0 Å². The van der Waals surface area contributed by atoms with E-state index in [1.165, 1.54) is 17.7 Å². The number of nitrogens with zero attached hydrogens (tertiary/aromatic N) is 2. The molecule has 1 aliphatic rings. The number of hydrogen-bond acceptors (Lipinski definition) is 5. The zero-order chi connectivity index (χ0) is 23.9. The number of anilines is 1. The van der Waals surface area contributed by atoms with Crippen LogP contribution in [-0.4, -0.2) is 51.8 Å². The molecule has 0 N–H and O–H groups in total. The van der Waals surface area contributed by atoms with Gasteiger partial charge in [0.15, 0.2) is 0 Å². The maximum atomic E-state index is 14.0. The third-order valence-corrected chi connectivity index (χ3v) is 6.09. The van der Waals surface area contributed by atoms with Gasteiger partial charge in [-0.25, -0.2) is 8.78 Å². The fourth-order valence-corrected chi connectivity index (χ4v) is 4.07. The average molecular weight is 505 g/mol. The van der Waals surface area contributed by atoms with Crippen molar-refractivity contribution in [2.45, 2.75) is 13.0 Å². The van der Waals surface area contributed by atoms with Crippen LogP contribution in [0.3, 0.4) is 0 Å². The minimum Gasteiger partial charge on any atom is -0.496 e. The molecule has 0 bridgehead atoms. The molecule has 3 aromatic carbocycles. The minimum absolute atomic E-state index is 0. The van der Waals surface area contributed by atoms with Crippen LogP contribution >= 0.6 is 12.4 Å². The van der Waals surface area contributed by atoms with E-state index >= 15 is 0 Å². The second-order valence-electron chi connectivity index (χ2n) is 8.33. The lowest BCUT2D eigenvalue weighted by molar-refractivity contribution is 0.260. The van der Waals surface area contributed by atoms with Crippen molar-refractivity contribution in [2.24, 2.45) is 0 Å². The van der Waals surface area contributed by atoms with E-state index in [2.05, 4.69) is 29.2 Å². The van der Waals surface area contributed by atoms with Crippen molar-refractivity contribution in [3.05, 3.63) is 83.4 Å². The Morgan fingerprint density at radius 3 is 1.94 bits per heavy atom. The normalized spacial score (nSPS) is 13.8. The van der Waals surface area contributed by atoms with Crippen LogP contribution < -0.4 is 19.1 Å². The summed E-state index contributed by atoms with van der Waals surface area (Å²) in [7, 11) is 3.23. The molecule has 0 atom stereocenters. The molecule has 0 radical (unpaired) electrons. The van der Waals surface area contributed by atoms with Gasteiger partial charge in [-0.05, 0) is 29.7 Å². The molecule has 1 heterocycles. The van der Waals surface area contributed by atoms with Crippen LogP contribution in [0.25, 0.3) is 0 Å². The van der Waals surface area contributed by atoms with Crippen molar-refractivity contribution in [3.8, 4) is 17.2 Å². The van der Waals surface area contributed by atoms with Crippen LogP contribution in [0.1, 0.15) is 11.1 Å². The second kappa shape index (κ2) is 12.6. The summed E-state index contributed by atoms with van der Waals surface area (Å²) in [5.74, 6) is 1.03. The number of methoxy groups -OCH3 is 2. The number of hydrogen-bond donors (Lipinski definition) is 0. The van der Waals surface area contributed by atoms with Crippen LogP contribution in [0.4, 0.5) is 14.5 Å². The lowest BCUT2D eigenvalue weighted by atomic mass is 10.1. The van der Waals surface area contributed by atoms with Crippen molar-refractivity contribution >= 4 is 18.1 Å². The Bertz CT molecular complexity index is 1070. The van der Waals surface area contributed by atoms with E-state index in [0.29, 0.717) is 29.5 Å². The van der Waals surface area contributed by atoms with Crippen molar-refractivity contribution in [1.29, 1.82) is 0 Å². The molecule has 0 aliphatic carbocycles. The molecule has 3 aromatic rings. The molecule has 8 heteroatoms. The molecular formula is C27H31ClF2N2O3. The largest absolute Gasteiger partial charge is 0.496 e. The molecule has 0 amide bonds. The van der Waals surface area contributed by atoms with Gasteiger partial charge in [-0.15, -0.1) is 12.4 Å². The summed E-state index contributed by atoms with van der Waals surface area (Å²) in [6.07, 6.45) is 0.944. The number of benzene rings is 3. The quantitative estimate of drug-likeness (QED) is 0.392. The molecule has 4 rings (SSSR count). The summed E-state index contributed by atoms with van der Waals surface area (Å²) in [6, 6.07) is 17.7. The molecule has 188 valence electrons. The molecule has 0 aromatic heterocycles. The SMILES string of the molecule is COc1cc(OC)cc(OCc2ccc(CCN3CCN(c4ccc(F)cc4F)CC3)cc2)c1.Cl. The number of piperazine rings is 1. The first-order chi connectivity index (χ1) is 16.5. The summed E-state index contributed by atoms with van der Waals surface area (Å²) in [5, 5.41) is 0. The predicted octanol–water partition coefficient (Wildman–Crippen LogP) is 5.35. The van der Waals surface area contributed by atoms with Crippen molar-refractivity contribution in [3.63, 3.8) is 0 Å². The minimum atomic E-state index is -0.544. The Balaban J connectivity index is 0.00000342. The Morgan fingerprint density at radius 2 is 1.34 bits per heavy atom. The monoisotopic (exact) mass is 504 g/mol. The molecule has 35 heavy (non-hydrogen) atoms. The van der Waals surface area contributed by atoms with E-state index in [9.17, 15) is 8.78 Å². The highest BCUT2D eigenvalue weighted by atomic mass is 35.5. The number of rotatable bonds is 9. The van der Waals surface area contributed by atoms with Gasteiger partial charge in [0.1, 0.15) is 35.5 Å². The first kappa shape index (κ1) is 26.6. The van der Waals surface area contributed by atoms with Gasteiger partial charge in [0.25, 0.3) is 0 Å². The molecule has 0 saturated carbocycles. The first-order valence-electron chi connectivity index (χ1n) is 11.4. The van der Waals surface area contributed by atoms with E-state index in [4.69, 9.17) is 14.2 Å². The lowest BCUT2D eigenvalue weighted by Crippen LogP contribution is -2.47. The average Bonchev–Trinajstić information content (AvgIpc) is 2.87. The van der Waals surface area contributed by atoms with Gasteiger partial charge in [-0.1, -0.05) is 24.3 Å². The van der Waals surface area contributed by atoms with E-state index in [-0.39, 0.29) is 12.4 Å². The summed E-state index contributed by atoms with van der Waals surface area (Å²) in [6.45, 7) is 4.57. The Kier molecular flexibility index (Phi) is 9.57. The molecule has 1 saturated heterocycles. The van der Waals surface area contributed by atoms with Gasteiger partial charge in [0.05, 0.1) is 19.9 Å². The molecule has 0 spiro atoms. The number of ether oxygens (including phenoxy) is 3. The van der Waals surface area contributed by atoms with E-state index in [1.807, 2.05) is 23.1 Å². The highest BCUT2D eigenvalue weighted by molar-refractivity contribution is 5.85.